The third kappa shape index (κ3) is 3.95. The van der Waals surface area contributed by atoms with E-state index in [2.05, 4.69) is 10.1 Å². The molecule has 2 aromatic carbocycles. The molecule has 7 rings (SSSR count). The number of hydrogen-bond donors (Lipinski definition) is 0. The van der Waals surface area contributed by atoms with Gasteiger partial charge in [0.25, 0.3) is 5.56 Å². The number of piperidine rings is 1. The third-order valence-corrected chi connectivity index (χ3v) is 8.48. The molecule has 10 heteroatoms. The number of ether oxygens (including phenoxy) is 2. The van der Waals surface area contributed by atoms with Crippen molar-refractivity contribution in [1.29, 1.82) is 0 Å². The Morgan fingerprint density at radius 3 is 2.82 bits per heavy atom. The zero-order valence-corrected chi connectivity index (χ0v) is 21.6. The Labute approximate surface area is 221 Å². The number of fused-ring (bicyclic) bond motifs is 3. The topological polar surface area (TPSA) is 82.1 Å². The van der Waals surface area contributed by atoms with E-state index in [-0.39, 0.29) is 24.1 Å². The van der Waals surface area contributed by atoms with Crippen molar-refractivity contribution < 1.29 is 18.4 Å². The molecule has 38 heavy (non-hydrogen) atoms. The van der Waals surface area contributed by atoms with Gasteiger partial charge in [-0.15, -0.1) is 11.3 Å². The summed E-state index contributed by atoms with van der Waals surface area (Å²) in [4.78, 5) is 21.5. The van der Waals surface area contributed by atoms with Crippen LogP contribution in [0.2, 0.25) is 0 Å². The summed E-state index contributed by atoms with van der Waals surface area (Å²) in [5.74, 6) is 1.35. The Morgan fingerprint density at radius 1 is 1.11 bits per heavy atom. The molecule has 0 saturated carbocycles. The van der Waals surface area contributed by atoms with Crippen molar-refractivity contribution in [2.75, 3.05) is 26.4 Å². The van der Waals surface area contributed by atoms with E-state index in [0.717, 1.165) is 66.1 Å². The van der Waals surface area contributed by atoms with Gasteiger partial charge in [-0.2, -0.15) is 0 Å². The largest absolute Gasteiger partial charge is 0.454 e. The normalized spacial score (nSPS) is 16.2. The Kier molecular flexibility index (Phi) is 5.66. The molecule has 3 aromatic heterocycles. The lowest BCUT2D eigenvalue weighted by Gasteiger charge is -2.31. The second-order valence-corrected chi connectivity index (χ2v) is 10.7. The van der Waals surface area contributed by atoms with Crippen LogP contribution in [0.1, 0.15) is 35.7 Å². The molecule has 0 radical (unpaired) electrons. The molecule has 1 fully saturated rings. The van der Waals surface area contributed by atoms with Gasteiger partial charge < -0.3 is 18.9 Å². The quantitative estimate of drug-likeness (QED) is 0.309. The average molecular weight is 533 g/mol. The van der Waals surface area contributed by atoms with E-state index in [9.17, 15) is 9.18 Å². The molecule has 2 aliphatic heterocycles. The van der Waals surface area contributed by atoms with Crippen LogP contribution in [-0.4, -0.2) is 45.9 Å². The number of aryl methyl sites for hydroxylation is 1. The van der Waals surface area contributed by atoms with Crippen molar-refractivity contribution in [3.8, 4) is 22.8 Å². The Hall–Kier alpha value is -3.76. The van der Waals surface area contributed by atoms with Gasteiger partial charge in [-0.1, -0.05) is 5.16 Å². The van der Waals surface area contributed by atoms with Crippen molar-refractivity contribution in [1.82, 2.24) is 19.4 Å². The first-order valence-electron chi connectivity index (χ1n) is 12.7. The van der Waals surface area contributed by atoms with E-state index >= 15 is 0 Å². The standard InChI is InChI=1S/C28H25FN4O4S/c1-16-20(8-11-32-9-6-17(7-10-32)26-21-4-3-19(29)13-24(21)37-31-26)27(34)33-22(14-38-28(33)30-16)18-2-5-23-25(12-18)36-15-35-23/h2-5,12-14,17H,6-11,15H2,1H3. The molecule has 1 saturated heterocycles. The highest BCUT2D eigenvalue weighted by Crippen LogP contribution is 2.37. The molecule has 0 aliphatic carbocycles. The molecule has 0 unspecified atom stereocenters. The lowest BCUT2D eigenvalue weighted by Crippen LogP contribution is -2.35. The first-order chi connectivity index (χ1) is 18.5. The monoisotopic (exact) mass is 532 g/mol. The van der Waals surface area contributed by atoms with Crippen LogP contribution in [0.4, 0.5) is 4.39 Å². The maximum atomic E-state index is 13.7. The minimum absolute atomic E-state index is 0.0161. The van der Waals surface area contributed by atoms with Gasteiger partial charge in [0.1, 0.15) is 5.82 Å². The first kappa shape index (κ1) is 23.4. The highest BCUT2D eigenvalue weighted by molar-refractivity contribution is 7.15. The maximum Gasteiger partial charge on any atom is 0.262 e. The minimum Gasteiger partial charge on any atom is -0.454 e. The zero-order valence-electron chi connectivity index (χ0n) is 20.8. The second-order valence-electron chi connectivity index (χ2n) is 9.86. The predicted octanol–water partition coefficient (Wildman–Crippen LogP) is 5.16. The van der Waals surface area contributed by atoms with Crippen LogP contribution in [0.3, 0.4) is 0 Å². The number of benzene rings is 2. The molecule has 194 valence electrons. The van der Waals surface area contributed by atoms with Gasteiger partial charge in [0.05, 0.1) is 11.4 Å². The third-order valence-electron chi connectivity index (χ3n) is 7.65. The van der Waals surface area contributed by atoms with E-state index < -0.39 is 0 Å². The van der Waals surface area contributed by atoms with Crippen LogP contribution >= 0.6 is 11.3 Å². The van der Waals surface area contributed by atoms with E-state index in [4.69, 9.17) is 19.0 Å². The van der Waals surface area contributed by atoms with E-state index in [1.54, 1.807) is 10.5 Å². The predicted molar refractivity (Wildman–Crippen MR) is 142 cm³/mol. The minimum atomic E-state index is -0.320. The first-order valence-corrected chi connectivity index (χ1v) is 13.6. The summed E-state index contributed by atoms with van der Waals surface area (Å²) in [7, 11) is 0. The van der Waals surface area contributed by atoms with Gasteiger partial charge in [0, 0.05) is 46.1 Å². The fourth-order valence-corrected chi connectivity index (χ4v) is 6.49. The Bertz CT molecular complexity index is 1730. The number of hydrogen-bond acceptors (Lipinski definition) is 8. The number of likely N-dealkylation sites (tertiary alicyclic amines) is 1. The zero-order chi connectivity index (χ0) is 25.8. The molecule has 0 spiro atoms. The molecular formula is C28H25FN4O4S. The van der Waals surface area contributed by atoms with Gasteiger partial charge in [-0.25, -0.2) is 9.37 Å². The van der Waals surface area contributed by atoms with E-state index in [0.29, 0.717) is 28.5 Å². The van der Waals surface area contributed by atoms with Crippen LogP contribution in [-0.2, 0) is 6.42 Å². The van der Waals surface area contributed by atoms with Crippen molar-refractivity contribution in [3.63, 3.8) is 0 Å². The van der Waals surface area contributed by atoms with Crippen LogP contribution in [0.25, 0.3) is 27.2 Å². The molecule has 5 aromatic rings. The van der Waals surface area contributed by atoms with E-state index in [1.165, 1.54) is 23.5 Å². The Morgan fingerprint density at radius 2 is 1.95 bits per heavy atom. The molecule has 0 amide bonds. The van der Waals surface area contributed by atoms with Crippen LogP contribution in [0, 0.1) is 12.7 Å². The summed E-state index contributed by atoms with van der Waals surface area (Å²) < 4.78 is 31.6. The van der Waals surface area contributed by atoms with Gasteiger partial charge in [0.2, 0.25) is 6.79 Å². The molecule has 8 nitrogen and oxygen atoms in total. The smallest absolute Gasteiger partial charge is 0.262 e. The second kappa shape index (κ2) is 9.21. The molecular weight excluding hydrogens is 507 g/mol. The van der Waals surface area contributed by atoms with Crippen LogP contribution in [0.5, 0.6) is 11.5 Å². The number of nitrogens with zero attached hydrogens (tertiary/aromatic N) is 4. The summed E-state index contributed by atoms with van der Waals surface area (Å²) in [5.41, 5.74) is 4.62. The highest BCUT2D eigenvalue weighted by Gasteiger charge is 2.26. The van der Waals surface area contributed by atoms with Crippen LogP contribution < -0.4 is 15.0 Å². The summed E-state index contributed by atoms with van der Waals surface area (Å²) in [6.45, 7) is 4.71. The number of halogens is 1. The van der Waals surface area contributed by atoms with Gasteiger partial charge >= 0.3 is 0 Å². The fraction of sp³-hybridized carbons (Fsp3) is 0.321. The molecule has 5 heterocycles. The highest BCUT2D eigenvalue weighted by atomic mass is 32.1. The SMILES string of the molecule is Cc1nc2scc(-c3ccc4c(c3)OCO4)n2c(=O)c1CCN1CCC(c2noc3cc(F)ccc23)CC1. The lowest BCUT2D eigenvalue weighted by atomic mass is 9.91. The molecule has 0 N–H and O–H groups in total. The van der Waals surface area contributed by atoms with Crippen molar-refractivity contribution in [2.45, 2.75) is 32.1 Å². The van der Waals surface area contributed by atoms with Crippen molar-refractivity contribution in [2.24, 2.45) is 0 Å². The van der Waals surface area contributed by atoms with Crippen molar-refractivity contribution in [3.05, 3.63) is 74.9 Å². The summed E-state index contributed by atoms with van der Waals surface area (Å²) >= 11 is 1.46. The van der Waals surface area contributed by atoms with Gasteiger partial charge in [-0.05, 0) is 69.6 Å². The summed E-state index contributed by atoms with van der Waals surface area (Å²) in [6, 6.07) is 10.3. The summed E-state index contributed by atoms with van der Waals surface area (Å²) in [5, 5.41) is 7.11. The molecule has 2 aliphatic rings. The van der Waals surface area contributed by atoms with E-state index in [1.807, 2.05) is 30.5 Å². The maximum absolute atomic E-state index is 13.7. The van der Waals surface area contributed by atoms with Gasteiger partial charge in [-0.3, -0.25) is 9.20 Å². The fourth-order valence-electron chi connectivity index (χ4n) is 5.56. The molecule has 0 bridgehead atoms. The van der Waals surface area contributed by atoms with Crippen molar-refractivity contribution >= 4 is 27.3 Å². The van der Waals surface area contributed by atoms with Crippen LogP contribution in [0.15, 0.2) is 51.1 Å². The lowest BCUT2D eigenvalue weighted by molar-refractivity contribution is 0.174. The van der Waals surface area contributed by atoms with Gasteiger partial charge in [0.15, 0.2) is 22.0 Å². The summed E-state index contributed by atoms with van der Waals surface area (Å²) in [6.07, 6.45) is 2.51. The number of thiazole rings is 1. The average Bonchev–Trinajstić information content (AvgIpc) is 3.66. The molecule has 0 atom stereocenters. The Balaban J connectivity index is 1.08. The number of aromatic nitrogens is 3. The number of rotatable bonds is 5.